The first kappa shape index (κ1) is 15.8. The van der Waals surface area contributed by atoms with Gasteiger partial charge < -0.3 is 5.11 Å². The second-order valence-corrected chi connectivity index (χ2v) is 8.31. The van der Waals surface area contributed by atoms with Crippen LogP contribution in [-0.4, -0.2) is 34.8 Å². The highest BCUT2D eigenvalue weighted by molar-refractivity contribution is 9.15. The Morgan fingerprint density at radius 2 is 1.31 bits per heavy atom. The average molecular weight is 576 g/mol. The van der Waals surface area contributed by atoms with Crippen molar-refractivity contribution in [3.63, 3.8) is 0 Å². The van der Waals surface area contributed by atoms with Crippen LogP contribution in [0.1, 0.15) is 0 Å². The number of aliphatic hydroxyl groups is 1. The summed E-state index contributed by atoms with van der Waals surface area (Å²) < 4.78 is 0. The van der Waals surface area contributed by atoms with Gasteiger partial charge in [-0.2, -0.15) is 0 Å². The minimum atomic E-state index is -0.563. The highest BCUT2D eigenvalue weighted by atomic mass is 79.9. The lowest BCUT2D eigenvalue weighted by atomic mass is 10.2. The smallest absolute Gasteiger partial charge is 0.122 e. The summed E-state index contributed by atoms with van der Waals surface area (Å²) in [4.78, 5) is 0.617. The molecule has 0 fully saturated rings. The summed E-state index contributed by atoms with van der Waals surface area (Å²) in [5, 5.41) is 9.57. The molecular formula is C6H8Br6O. The van der Waals surface area contributed by atoms with Crippen molar-refractivity contribution in [3.8, 4) is 0 Å². The molecule has 13 heavy (non-hydrogen) atoms. The van der Waals surface area contributed by atoms with Crippen molar-refractivity contribution in [2.45, 2.75) is 24.3 Å². The van der Waals surface area contributed by atoms with E-state index in [9.17, 15) is 5.11 Å². The van der Waals surface area contributed by atoms with Crippen LogP contribution in [0.2, 0.25) is 0 Å². The van der Waals surface area contributed by atoms with E-state index in [2.05, 4.69) is 95.6 Å². The van der Waals surface area contributed by atoms with Gasteiger partial charge in [0.05, 0.1) is 4.83 Å². The van der Waals surface area contributed by atoms with Gasteiger partial charge in [-0.3, -0.25) is 0 Å². The fourth-order valence-electron chi connectivity index (χ4n) is 0.612. The third kappa shape index (κ3) is 5.63. The van der Waals surface area contributed by atoms with Crippen LogP contribution in [-0.2, 0) is 0 Å². The molecule has 0 aromatic heterocycles. The first-order valence-electron chi connectivity index (χ1n) is 3.36. The molecule has 5 atom stereocenters. The monoisotopic (exact) mass is 570 g/mol. The first-order valence-corrected chi connectivity index (χ1v) is 9.06. The van der Waals surface area contributed by atoms with E-state index in [1.165, 1.54) is 0 Å². The van der Waals surface area contributed by atoms with E-state index < -0.39 is 5.01 Å². The van der Waals surface area contributed by atoms with Crippen molar-refractivity contribution in [3.05, 3.63) is 0 Å². The maximum Gasteiger partial charge on any atom is 0.122 e. The van der Waals surface area contributed by atoms with Gasteiger partial charge in [-0.1, -0.05) is 95.6 Å². The molecule has 0 saturated heterocycles. The van der Waals surface area contributed by atoms with E-state index in [1.54, 1.807) is 0 Å². The number of alkyl halides is 6. The Kier molecular flexibility index (Phi) is 9.76. The minimum absolute atomic E-state index is 0.0454. The van der Waals surface area contributed by atoms with Gasteiger partial charge in [0.15, 0.2) is 0 Å². The second-order valence-electron chi connectivity index (χ2n) is 2.38. The maximum absolute atomic E-state index is 9.29. The second kappa shape index (κ2) is 8.01. The Bertz CT molecular complexity index is 143. The van der Waals surface area contributed by atoms with Crippen molar-refractivity contribution in [2.24, 2.45) is 0 Å². The molecule has 0 radical (unpaired) electrons. The third-order valence-corrected chi connectivity index (χ3v) is 10.6. The Morgan fingerprint density at radius 1 is 0.846 bits per heavy atom. The predicted octanol–water partition coefficient (Wildman–Crippen LogP) is 4.15. The van der Waals surface area contributed by atoms with Gasteiger partial charge >= 0.3 is 0 Å². The van der Waals surface area contributed by atoms with Crippen molar-refractivity contribution in [2.75, 3.05) is 5.33 Å². The van der Waals surface area contributed by atoms with Gasteiger partial charge in [-0.15, -0.1) is 0 Å². The average Bonchev–Trinajstić information content (AvgIpc) is 2.12. The zero-order valence-corrected chi connectivity index (χ0v) is 15.8. The van der Waals surface area contributed by atoms with E-state index in [4.69, 9.17) is 0 Å². The first-order chi connectivity index (χ1) is 5.91. The molecule has 7 heteroatoms. The zero-order chi connectivity index (χ0) is 10.6. The molecule has 80 valence electrons. The Hall–Kier alpha value is 2.84. The third-order valence-electron chi connectivity index (χ3n) is 1.36. The quantitative estimate of drug-likeness (QED) is 0.489. The van der Waals surface area contributed by atoms with Crippen LogP contribution in [0.15, 0.2) is 0 Å². The van der Waals surface area contributed by atoms with Gasteiger partial charge in [0, 0.05) is 19.8 Å². The fourth-order valence-corrected chi connectivity index (χ4v) is 4.90. The summed E-state index contributed by atoms with van der Waals surface area (Å²) in [6, 6.07) is 0. The summed E-state index contributed by atoms with van der Waals surface area (Å²) in [6.45, 7) is 0. The molecule has 1 N–H and O–H groups in total. The van der Waals surface area contributed by atoms with Crippen LogP contribution < -0.4 is 0 Å². The van der Waals surface area contributed by atoms with Crippen molar-refractivity contribution in [1.82, 2.24) is 0 Å². The van der Waals surface area contributed by atoms with Crippen LogP contribution in [0.5, 0.6) is 0 Å². The molecule has 0 aliphatic carbocycles. The molecule has 0 rings (SSSR count). The molecule has 0 spiro atoms. The number of hydrogen-bond donors (Lipinski definition) is 1. The number of rotatable bonds is 5. The van der Waals surface area contributed by atoms with Gasteiger partial charge in [0.2, 0.25) is 0 Å². The molecule has 0 bridgehead atoms. The van der Waals surface area contributed by atoms with E-state index in [0.717, 1.165) is 5.33 Å². The van der Waals surface area contributed by atoms with Crippen LogP contribution >= 0.6 is 95.6 Å². The fraction of sp³-hybridized carbons (Fsp3) is 1.00. The molecule has 1 nitrogen and oxygen atoms in total. The zero-order valence-electron chi connectivity index (χ0n) is 6.31. The molecular weight excluding hydrogens is 567 g/mol. The standard InChI is InChI=1S/C6H8Br6O/c7-1-2(8)3(9)4(10)5(11)6(12)13/h2-6,13H,1H2. The van der Waals surface area contributed by atoms with Gasteiger partial charge in [0.1, 0.15) is 5.01 Å². The van der Waals surface area contributed by atoms with Crippen molar-refractivity contribution < 1.29 is 5.11 Å². The predicted molar refractivity (Wildman–Crippen MR) is 79.6 cm³/mol. The summed E-state index contributed by atoms with van der Waals surface area (Å²) in [5.41, 5.74) is 0. The number of aliphatic hydroxyl groups excluding tert-OH is 1. The normalized spacial score (nSPS) is 23.3. The lowest BCUT2D eigenvalue weighted by Crippen LogP contribution is -2.36. The molecule has 0 heterocycles. The summed E-state index contributed by atoms with van der Waals surface area (Å²) >= 11 is 20.5. The van der Waals surface area contributed by atoms with Crippen molar-refractivity contribution >= 4 is 95.6 Å². The summed E-state index contributed by atoms with van der Waals surface area (Å²) in [6.07, 6.45) is 0. The lowest BCUT2D eigenvalue weighted by molar-refractivity contribution is 0.266. The van der Waals surface area contributed by atoms with E-state index in [0.29, 0.717) is 4.83 Å². The Labute approximate surface area is 129 Å². The maximum atomic E-state index is 9.29. The van der Waals surface area contributed by atoms with Crippen LogP contribution in [0.4, 0.5) is 0 Å². The molecule has 5 unspecified atom stereocenters. The Balaban J connectivity index is 4.15. The summed E-state index contributed by atoms with van der Waals surface area (Å²) in [5.74, 6) is 0. The topological polar surface area (TPSA) is 20.2 Å². The summed E-state index contributed by atoms with van der Waals surface area (Å²) in [7, 11) is 0. The molecule has 0 aliphatic rings. The van der Waals surface area contributed by atoms with Crippen LogP contribution in [0.3, 0.4) is 0 Å². The van der Waals surface area contributed by atoms with Gasteiger partial charge in [-0.25, -0.2) is 0 Å². The number of halogens is 6. The largest absolute Gasteiger partial charge is 0.381 e. The lowest BCUT2D eigenvalue weighted by Gasteiger charge is -2.25. The highest BCUT2D eigenvalue weighted by Gasteiger charge is 2.31. The van der Waals surface area contributed by atoms with Gasteiger partial charge in [0.25, 0.3) is 0 Å². The molecule has 0 amide bonds. The molecule has 0 aromatic rings. The van der Waals surface area contributed by atoms with E-state index >= 15 is 0 Å². The molecule has 0 aliphatic heterocycles. The molecule has 0 aromatic carbocycles. The van der Waals surface area contributed by atoms with Crippen LogP contribution in [0.25, 0.3) is 0 Å². The SMILES string of the molecule is OC(Br)C(Br)C(Br)C(Br)C(Br)CBr. The minimum Gasteiger partial charge on any atom is -0.381 e. The van der Waals surface area contributed by atoms with Crippen LogP contribution in [0, 0.1) is 0 Å². The highest BCUT2D eigenvalue weighted by Crippen LogP contribution is 2.32. The van der Waals surface area contributed by atoms with E-state index in [1.807, 2.05) is 0 Å². The Morgan fingerprint density at radius 3 is 1.62 bits per heavy atom. The van der Waals surface area contributed by atoms with Gasteiger partial charge in [-0.05, 0) is 0 Å². The number of hydrogen-bond acceptors (Lipinski definition) is 1. The van der Waals surface area contributed by atoms with E-state index in [-0.39, 0.29) is 14.5 Å². The molecule has 0 saturated carbocycles. The van der Waals surface area contributed by atoms with Crippen molar-refractivity contribution in [1.29, 1.82) is 0 Å².